The molecule has 7 nitrogen and oxygen atoms in total. The number of aliphatic imine (C=N–C) groups is 1. The summed E-state index contributed by atoms with van der Waals surface area (Å²) < 4.78 is 40.8. The number of hydrogen-bond donors (Lipinski definition) is 0. The third-order valence-electron chi connectivity index (χ3n) is 5.29. The van der Waals surface area contributed by atoms with Gasteiger partial charge in [-0.2, -0.15) is 8.78 Å². The standard InChI is InChI=1S/C24H19F2N3O4/c25-24(26)32-20-8-4-2-6-17(20)22-28-19(23(30)33-22)14-16-13-15-5-1-3-7-18(15)27-21(16)29-9-11-31-12-10-29/h1-8,13-14,24H,9-12H2. The van der Waals surface area contributed by atoms with Crippen LogP contribution in [-0.2, 0) is 14.3 Å². The SMILES string of the molecule is O=C1OC(c2ccccc2OC(F)F)=NC1=Cc1cc2ccccc2nc1N1CCOCC1. The van der Waals surface area contributed by atoms with E-state index in [1.165, 1.54) is 12.1 Å². The van der Waals surface area contributed by atoms with Gasteiger partial charge in [0.25, 0.3) is 0 Å². The lowest BCUT2D eigenvalue weighted by Gasteiger charge is -2.29. The maximum Gasteiger partial charge on any atom is 0.387 e. The number of carbonyl (C=O) groups excluding carboxylic acids is 1. The molecule has 0 aliphatic carbocycles. The lowest BCUT2D eigenvalue weighted by atomic mass is 10.1. The fourth-order valence-corrected chi connectivity index (χ4v) is 3.77. The molecule has 0 N–H and O–H groups in total. The van der Waals surface area contributed by atoms with E-state index in [1.54, 1.807) is 18.2 Å². The highest BCUT2D eigenvalue weighted by molar-refractivity contribution is 6.14. The van der Waals surface area contributed by atoms with Crippen LogP contribution >= 0.6 is 0 Å². The minimum absolute atomic E-state index is 0.0449. The normalized spacial score (nSPS) is 17.5. The Morgan fingerprint density at radius 2 is 1.82 bits per heavy atom. The molecule has 0 unspecified atom stereocenters. The van der Waals surface area contributed by atoms with Crippen molar-refractivity contribution >= 4 is 34.7 Å². The zero-order valence-corrected chi connectivity index (χ0v) is 17.4. The summed E-state index contributed by atoms with van der Waals surface area (Å²) in [5, 5.41) is 0.910. The molecule has 0 atom stereocenters. The molecule has 9 heteroatoms. The van der Waals surface area contributed by atoms with Crippen LogP contribution in [0, 0.1) is 0 Å². The number of para-hydroxylation sites is 2. The smallest absolute Gasteiger partial charge is 0.387 e. The van der Waals surface area contributed by atoms with Gasteiger partial charge in [-0.15, -0.1) is 0 Å². The molecule has 1 saturated heterocycles. The van der Waals surface area contributed by atoms with Crippen molar-refractivity contribution in [3.05, 3.63) is 71.4 Å². The molecule has 168 valence electrons. The fraction of sp³-hybridized carbons (Fsp3) is 0.208. The zero-order chi connectivity index (χ0) is 22.8. The largest absolute Gasteiger partial charge is 0.434 e. The van der Waals surface area contributed by atoms with Crippen LogP contribution < -0.4 is 9.64 Å². The minimum Gasteiger partial charge on any atom is -0.434 e. The van der Waals surface area contributed by atoms with Crippen molar-refractivity contribution in [1.29, 1.82) is 0 Å². The van der Waals surface area contributed by atoms with Crippen LogP contribution in [0.25, 0.3) is 17.0 Å². The van der Waals surface area contributed by atoms with E-state index in [-0.39, 0.29) is 22.9 Å². The molecule has 3 heterocycles. The average Bonchev–Trinajstić information content (AvgIpc) is 3.19. The Bertz CT molecular complexity index is 1270. The lowest BCUT2D eigenvalue weighted by molar-refractivity contribution is -0.129. The number of rotatable bonds is 5. The molecule has 3 aromatic rings. The van der Waals surface area contributed by atoms with Crippen molar-refractivity contribution in [3.8, 4) is 5.75 Å². The van der Waals surface area contributed by atoms with Gasteiger partial charge >= 0.3 is 12.6 Å². The van der Waals surface area contributed by atoms with Crippen LogP contribution in [0.1, 0.15) is 11.1 Å². The Balaban J connectivity index is 1.57. The number of benzene rings is 2. The Kier molecular flexibility index (Phi) is 5.70. The lowest BCUT2D eigenvalue weighted by Crippen LogP contribution is -2.37. The van der Waals surface area contributed by atoms with E-state index in [1.807, 2.05) is 30.3 Å². The second-order valence-electron chi connectivity index (χ2n) is 7.40. The summed E-state index contributed by atoms with van der Waals surface area (Å²) in [5.41, 5.74) is 1.74. The summed E-state index contributed by atoms with van der Waals surface area (Å²) in [7, 11) is 0. The van der Waals surface area contributed by atoms with Gasteiger partial charge in [0.15, 0.2) is 5.70 Å². The van der Waals surface area contributed by atoms with E-state index in [2.05, 4.69) is 14.6 Å². The summed E-state index contributed by atoms with van der Waals surface area (Å²) in [6, 6.07) is 15.7. The molecule has 0 bridgehead atoms. The van der Waals surface area contributed by atoms with Crippen LogP contribution in [0.3, 0.4) is 0 Å². The maximum absolute atomic E-state index is 12.8. The number of halogens is 2. The summed E-state index contributed by atoms with van der Waals surface area (Å²) in [5.74, 6) is -0.189. The van der Waals surface area contributed by atoms with Gasteiger partial charge in [-0.05, 0) is 30.3 Å². The second kappa shape index (κ2) is 8.95. The van der Waals surface area contributed by atoms with Crippen LogP contribution in [0.4, 0.5) is 14.6 Å². The van der Waals surface area contributed by atoms with E-state index in [9.17, 15) is 13.6 Å². The molecule has 1 fully saturated rings. The molecular weight excluding hydrogens is 432 g/mol. The van der Waals surface area contributed by atoms with Crippen LogP contribution in [0.2, 0.25) is 0 Å². The predicted octanol–water partition coefficient (Wildman–Crippen LogP) is 4.02. The average molecular weight is 451 g/mol. The van der Waals surface area contributed by atoms with Gasteiger partial charge in [-0.1, -0.05) is 30.3 Å². The first kappa shape index (κ1) is 21.0. The van der Waals surface area contributed by atoms with Gasteiger partial charge in [-0.25, -0.2) is 14.8 Å². The highest BCUT2D eigenvalue weighted by atomic mass is 19.3. The van der Waals surface area contributed by atoms with Crippen molar-refractivity contribution in [1.82, 2.24) is 4.98 Å². The van der Waals surface area contributed by atoms with Gasteiger partial charge in [0.05, 0.1) is 24.3 Å². The van der Waals surface area contributed by atoms with Crippen molar-refractivity contribution in [2.24, 2.45) is 4.99 Å². The predicted molar refractivity (Wildman–Crippen MR) is 118 cm³/mol. The summed E-state index contributed by atoms with van der Waals surface area (Å²) in [6.07, 6.45) is 1.61. The van der Waals surface area contributed by atoms with Gasteiger partial charge in [0.1, 0.15) is 11.6 Å². The number of alkyl halides is 2. The van der Waals surface area contributed by atoms with E-state index in [4.69, 9.17) is 14.5 Å². The molecule has 2 aromatic carbocycles. The highest BCUT2D eigenvalue weighted by Gasteiger charge is 2.28. The number of esters is 1. The Labute approximate surface area is 187 Å². The monoisotopic (exact) mass is 451 g/mol. The first-order valence-electron chi connectivity index (χ1n) is 10.4. The number of carbonyl (C=O) groups is 1. The van der Waals surface area contributed by atoms with Gasteiger partial charge in [0.2, 0.25) is 5.90 Å². The van der Waals surface area contributed by atoms with E-state index in [0.29, 0.717) is 37.7 Å². The van der Waals surface area contributed by atoms with Crippen LogP contribution in [0.15, 0.2) is 65.3 Å². The second-order valence-corrected chi connectivity index (χ2v) is 7.40. The molecule has 0 saturated carbocycles. The third kappa shape index (κ3) is 4.40. The molecular formula is C24H19F2N3O4. The molecule has 1 aromatic heterocycles. The molecule has 0 amide bonds. The number of fused-ring (bicyclic) bond motifs is 1. The molecule has 2 aliphatic heterocycles. The number of pyridine rings is 1. The Hall–Kier alpha value is -3.85. The van der Waals surface area contributed by atoms with Crippen molar-refractivity contribution < 1.29 is 27.8 Å². The summed E-state index contributed by atoms with van der Waals surface area (Å²) in [6.45, 7) is -0.526. The molecule has 33 heavy (non-hydrogen) atoms. The molecule has 5 rings (SSSR count). The molecule has 0 spiro atoms. The van der Waals surface area contributed by atoms with Crippen molar-refractivity contribution in [3.63, 3.8) is 0 Å². The topological polar surface area (TPSA) is 73.2 Å². The maximum atomic E-state index is 12.8. The van der Waals surface area contributed by atoms with Crippen molar-refractivity contribution in [2.45, 2.75) is 6.61 Å². The van der Waals surface area contributed by atoms with Crippen LogP contribution in [0.5, 0.6) is 5.75 Å². The number of morpholine rings is 1. The van der Waals surface area contributed by atoms with Crippen molar-refractivity contribution in [2.75, 3.05) is 31.2 Å². The van der Waals surface area contributed by atoms with E-state index >= 15 is 0 Å². The number of ether oxygens (including phenoxy) is 3. The van der Waals surface area contributed by atoms with E-state index < -0.39 is 12.6 Å². The first-order chi connectivity index (χ1) is 16.1. The number of aromatic nitrogens is 1. The zero-order valence-electron chi connectivity index (χ0n) is 17.4. The molecule has 2 aliphatic rings. The highest BCUT2D eigenvalue weighted by Crippen LogP contribution is 2.30. The summed E-state index contributed by atoms with van der Waals surface area (Å²) in [4.78, 5) is 23.8. The Morgan fingerprint density at radius 3 is 2.64 bits per heavy atom. The number of anilines is 1. The third-order valence-corrected chi connectivity index (χ3v) is 5.29. The quantitative estimate of drug-likeness (QED) is 0.431. The van der Waals surface area contributed by atoms with E-state index in [0.717, 1.165) is 10.9 Å². The first-order valence-corrected chi connectivity index (χ1v) is 10.4. The number of cyclic esters (lactones) is 1. The number of nitrogens with zero attached hydrogens (tertiary/aromatic N) is 3. The van der Waals surface area contributed by atoms with Gasteiger partial charge in [-0.3, -0.25) is 0 Å². The van der Waals surface area contributed by atoms with Crippen LogP contribution in [-0.4, -0.2) is 49.8 Å². The Morgan fingerprint density at radius 1 is 1.06 bits per heavy atom. The fourth-order valence-electron chi connectivity index (χ4n) is 3.77. The summed E-state index contributed by atoms with van der Waals surface area (Å²) >= 11 is 0. The number of hydrogen-bond acceptors (Lipinski definition) is 7. The molecule has 0 radical (unpaired) electrons. The minimum atomic E-state index is -3.02. The van der Waals surface area contributed by atoms with Gasteiger partial charge < -0.3 is 19.1 Å². The van der Waals surface area contributed by atoms with Gasteiger partial charge in [0, 0.05) is 24.0 Å².